The van der Waals surface area contributed by atoms with Crippen LogP contribution < -0.4 is 0 Å². The summed E-state index contributed by atoms with van der Waals surface area (Å²) >= 11 is 0. The SMILES string of the molecule is C=C(CC(=O)O)C(=O)OCCC(O)O. The van der Waals surface area contributed by atoms with E-state index >= 15 is 0 Å². The van der Waals surface area contributed by atoms with Crippen LogP contribution in [0.4, 0.5) is 0 Å². The van der Waals surface area contributed by atoms with Gasteiger partial charge in [-0.05, 0) is 0 Å². The van der Waals surface area contributed by atoms with Crippen LogP contribution in [0.5, 0.6) is 0 Å². The molecule has 0 aromatic heterocycles. The summed E-state index contributed by atoms with van der Waals surface area (Å²) < 4.78 is 4.49. The van der Waals surface area contributed by atoms with Crippen molar-refractivity contribution in [1.82, 2.24) is 0 Å². The fourth-order valence-corrected chi connectivity index (χ4v) is 0.614. The van der Waals surface area contributed by atoms with Crippen LogP contribution in [-0.4, -0.2) is 40.2 Å². The molecule has 0 rings (SSSR count). The summed E-state index contributed by atoms with van der Waals surface area (Å²) in [6.07, 6.45) is -2.15. The fourth-order valence-electron chi connectivity index (χ4n) is 0.614. The van der Waals surface area contributed by atoms with Crippen LogP contribution in [0.2, 0.25) is 0 Å². The van der Waals surface area contributed by atoms with E-state index in [1.807, 2.05) is 0 Å². The predicted octanol–water partition coefficient (Wildman–Crippen LogP) is -0.739. The molecule has 0 aliphatic carbocycles. The molecular formula is C8H12O6. The molecule has 6 nitrogen and oxygen atoms in total. The topological polar surface area (TPSA) is 104 Å². The summed E-state index contributed by atoms with van der Waals surface area (Å²) in [5.74, 6) is -2.01. The molecule has 14 heavy (non-hydrogen) atoms. The van der Waals surface area contributed by atoms with Gasteiger partial charge in [-0.15, -0.1) is 0 Å². The van der Waals surface area contributed by atoms with E-state index in [0.717, 1.165) is 0 Å². The van der Waals surface area contributed by atoms with E-state index in [9.17, 15) is 9.59 Å². The van der Waals surface area contributed by atoms with Crippen molar-refractivity contribution in [3.8, 4) is 0 Å². The lowest BCUT2D eigenvalue weighted by molar-refractivity contribution is -0.144. The number of rotatable bonds is 6. The van der Waals surface area contributed by atoms with Crippen molar-refractivity contribution in [1.29, 1.82) is 0 Å². The maximum absolute atomic E-state index is 10.9. The molecule has 80 valence electrons. The smallest absolute Gasteiger partial charge is 0.333 e. The van der Waals surface area contributed by atoms with Crippen LogP contribution in [0.15, 0.2) is 12.2 Å². The summed E-state index contributed by atoms with van der Waals surface area (Å²) in [7, 11) is 0. The molecule has 0 spiro atoms. The first kappa shape index (κ1) is 12.6. The lowest BCUT2D eigenvalue weighted by Gasteiger charge is -2.06. The number of carbonyl (C=O) groups is 2. The Balaban J connectivity index is 3.74. The number of carboxylic acid groups (broad SMARTS) is 1. The molecule has 6 heteroatoms. The Morgan fingerprint density at radius 2 is 1.93 bits per heavy atom. The number of esters is 1. The average molecular weight is 204 g/mol. The van der Waals surface area contributed by atoms with Crippen molar-refractivity contribution in [2.45, 2.75) is 19.1 Å². The van der Waals surface area contributed by atoms with Crippen molar-refractivity contribution >= 4 is 11.9 Å². The minimum Gasteiger partial charge on any atom is -0.481 e. The molecule has 0 radical (unpaired) electrons. The molecule has 0 fully saturated rings. The first-order chi connectivity index (χ1) is 6.43. The van der Waals surface area contributed by atoms with Crippen molar-refractivity contribution in [2.24, 2.45) is 0 Å². The zero-order valence-electron chi connectivity index (χ0n) is 7.47. The number of carboxylic acids is 1. The highest BCUT2D eigenvalue weighted by Crippen LogP contribution is 2.01. The van der Waals surface area contributed by atoms with Gasteiger partial charge < -0.3 is 20.1 Å². The Kier molecular flexibility index (Phi) is 5.50. The average Bonchev–Trinajstić information content (AvgIpc) is 2.01. The summed E-state index contributed by atoms with van der Waals surface area (Å²) in [6, 6.07) is 0. The van der Waals surface area contributed by atoms with E-state index in [1.54, 1.807) is 0 Å². The van der Waals surface area contributed by atoms with Gasteiger partial charge >= 0.3 is 11.9 Å². The van der Waals surface area contributed by atoms with Gasteiger partial charge in [0.05, 0.1) is 13.0 Å². The quantitative estimate of drug-likeness (QED) is 0.299. The summed E-state index contributed by atoms with van der Waals surface area (Å²) in [5, 5.41) is 25.1. The molecule has 0 bridgehead atoms. The van der Waals surface area contributed by atoms with Gasteiger partial charge in [0.25, 0.3) is 0 Å². The maximum Gasteiger partial charge on any atom is 0.333 e. The second kappa shape index (κ2) is 6.11. The molecule has 0 unspecified atom stereocenters. The lowest BCUT2D eigenvalue weighted by Crippen LogP contribution is -2.15. The van der Waals surface area contributed by atoms with Gasteiger partial charge in [0, 0.05) is 12.0 Å². The Hall–Kier alpha value is -1.40. The van der Waals surface area contributed by atoms with Crippen LogP contribution in [0, 0.1) is 0 Å². The van der Waals surface area contributed by atoms with Crippen LogP contribution >= 0.6 is 0 Å². The van der Waals surface area contributed by atoms with E-state index in [1.165, 1.54) is 0 Å². The van der Waals surface area contributed by atoms with Crippen molar-refractivity contribution in [2.75, 3.05) is 6.61 Å². The molecule has 0 atom stereocenters. The van der Waals surface area contributed by atoms with Gasteiger partial charge in [0.1, 0.15) is 0 Å². The third-order valence-electron chi connectivity index (χ3n) is 1.26. The van der Waals surface area contributed by atoms with Crippen LogP contribution in [0.25, 0.3) is 0 Å². The molecule has 0 heterocycles. The Morgan fingerprint density at radius 3 is 2.36 bits per heavy atom. The number of hydrogen-bond donors (Lipinski definition) is 3. The van der Waals surface area contributed by atoms with Gasteiger partial charge in [0.15, 0.2) is 6.29 Å². The second-order valence-electron chi connectivity index (χ2n) is 2.58. The number of aliphatic hydroxyl groups is 2. The molecule has 0 aliphatic heterocycles. The number of hydrogen-bond acceptors (Lipinski definition) is 5. The van der Waals surface area contributed by atoms with Crippen LogP contribution in [0.3, 0.4) is 0 Å². The largest absolute Gasteiger partial charge is 0.481 e. The van der Waals surface area contributed by atoms with E-state index < -0.39 is 24.6 Å². The monoisotopic (exact) mass is 204 g/mol. The van der Waals surface area contributed by atoms with Crippen LogP contribution in [0.1, 0.15) is 12.8 Å². The first-order valence-corrected chi connectivity index (χ1v) is 3.86. The minimum atomic E-state index is -1.55. The molecule has 0 aromatic rings. The predicted molar refractivity (Wildman–Crippen MR) is 45.2 cm³/mol. The third-order valence-corrected chi connectivity index (χ3v) is 1.26. The molecule has 0 aromatic carbocycles. The van der Waals surface area contributed by atoms with Crippen molar-refractivity contribution < 1.29 is 29.6 Å². The van der Waals surface area contributed by atoms with E-state index in [-0.39, 0.29) is 18.6 Å². The summed E-state index contributed by atoms with van der Waals surface area (Å²) in [6.45, 7) is 3.03. The fraction of sp³-hybridized carbons (Fsp3) is 0.500. The number of aliphatic hydroxyl groups excluding tert-OH is 1. The highest BCUT2D eigenvalue weighted by Gasteiger charge is 2.12. The zero-order chi connectivity index (χ0) is 11.1. The molecule has 0 amide bonds. The Bertz CT molecular complexity index is 232. The highest BCUT2D eigenvalue weighted by molar-refractivity contribution is 5.92. The van der Waals surface area contributed by atoms with Crippen molar-refractivity contribution in [3.05, 3.63) is 12.2 Å². The number of aliphatic carboxylic acids is 1. The van der Waals surface area contributed by atoms with Gasteiger partial charge in [-0.1, -0.05) is 6.58 Å². The Morgan fingerprint density at radius 1 is 1.36 bits per heavy atom. The number of ether oxygens (including phenoxy) is 1. The number of carbonyl (C=O) groups excluding carboxylic acids is 1. The summed E-state index contributed by atoms with van der Waals surface area (Å²) in [5.41, 5.74) is -0.176. The van der Waals surface area contributed by atoms with E-state index in [2.05, 4.69) is 11.3 Å². The second-order valence-corrected chi connectivity index (χ2v) is 2.58. The van der Waals surface area contributed by atoms with Crippen molar-refractivity contribution in [3.63, 3.8) is 0 Å². The minimum absolute atomic E-state index is 0.119. The van der Waals surface area contributed by atoms with E-state index in [4.69, 9.17) is 15.3 Å². The molecule has 0 aliphatic rings. The van der Waals surface area contributed by atoms with Crippen LogP contribution in [-0.2, 0) is 14.3 Å². The third kappa shape index (κ3) is 6.15. The zero-order valence-corrected chi connectivity index (χ0v) is 7.47. The normalized spacial score (nSPS) is 9.93. The molecule has 3 N–H and O–H groups in total. The lowest BCUT2D eigenvalue weighted by atomic mass is 10.2. The van der Waals surface area contributed by atoms with Gasteiger partial charge in [-0.2, -0.15) is 0 Å². The molecular weight excluding hydrogens is 192 g/mol. The Labute approximate surface area is 80.4 Å². The van der Waals surface area contributed by atoms with Gasteiger partial charge in [0.2, 0.25) is 0 Å². The van der Waals surface area contributed by atoms with Gasteiger partial charge in [-0.3, -0.25) is 4.79 Å². The van der Waals surface area contributed by atoms with E-state index in [0.29, 0.717) is 0 Å². The maximum atomic E-state index is 10.9. The standard InChI is InChI=1S/C8H12O6/c1-5(4-7(11)12)8(13)14-3-2-6(9)10/h6,9-10H,1-4H2,(H,11,12). The van der Waals surface area contributed by atoms with Gasteiger partial charge in [-0.25, -0.2) is 4.79 Å². The molecule has 0 saturated heterocycles. The molecule has 0 saturated carbocycles. The highest BCUT2D eigenvalue weighted by atomic mass is 16.5. The first-order valence-electron chi connectivity index (χ1n) is 3.86. The summed E-state index contributed by atoms with van der Waals surface area (Å²) in [4.78, 5) is 21.1.